The van der Waals surface area contributed by atoms with E-state index in [-0.39, 0.29) is 17.9 Å². The smallest absolute Gasteiger partial charge is 0.253 e. The van der Waals surface area contributed by atoms with Gasteiger partial charge in [-0.25, -0.2) is 0 Å². The standard InChI is InChI=1S/C15H21NO2S/c1-11-9-16(7-6-14(11)17)15(18)13-5-3-4-12(8-13)10-19-2/h3-5,8,11,14,17H,6-7,9-10H2,1-2H3. The predicted octanol–water partition coefficient (Wildman–Crippen LogP) is 2.39. The molecule has 19 heavy (non-hydrogen) atoms. The molecule has 1 N–H and O–H groups in total. The van der Waals surface area contributed by atoms with Gasteiger partial charge in [0, 0.05) is 24.4 Å². The van der Waals surface area contributed by atoms with Crippen LogP contribution in [0.5, 0.6) is 0 Å². The van der Waals surface area contributed by atoms with Crippen molar-refractivity contribution in [1.29, 1.82) is 0 Å². The number of piperidine rings is 1. The molecule has 1 aromatic carbocycles. The van der Waals surface area contributed by atoms with Gasteiger partial charge in [-0.2, -0.15) is 11.8 Å². The maximum Gasteiger partial charge on any atom is 0.253 e. The Labute approximate surface area is 119 Å². The summed E-state index contributed by atoms with van der Waals surface area (Å²) in [6, 6.07) is 7.85. The van der Waals surface area contributed by atoms with Crippen molar-refractivity contribution in [2.75, 3.05) is 19.3 Å². The number of carbonyl (C=O) groups excluding carboxylic acids is 1. The normalized spacial score (nSPS) is 23.4. The molecule has 1 amide bonds. The van der Waals surface area contributed by atoms with E-state index >= 15 is 0 Å². The number of benzene rings is 1. The molecule has 104 valence electrons. The molecule has 1 saturated heterocycles. The van der Waals surface area contributed by atoms with Gasteiger partial charge in [-0.1, -0.05) is 19.1 Å². The molecular formula is C15H21NO2S. The fourth-order valence-electron chi connectivity index (χ4n) is 2.46. The summed E-state index contributed by atoms with van der Waals surface area (Å²) >= 11 is 1.75. The summed E-state index contributed by atoms with van der Waals surface area (Å²) < 4.78 is 0. The zero-order valence-electron chi connectivity index (χ0n) is 11.5. The molecule has 1 heterocycles. The SMILES string of the molecule is CSCc1cccc(C(=O)N2CCC(O)C(C)C2)c1. The van der Waals surface area contributed by atoms with E-state index in [0.717, 1.165) is 11.3 Å². The maximum absolute atomic E-state index is 12.4. The van der Waals surface area contributed by atoms with Gasteiger partial charge in [0.15, 0.2) is 0 Å². The van der Waals surface area contributed by atoms with Crippen molar-refractivity contribution >= 4 is 17.7 Å². The molecule has 0 spiro atoms. The lowest BCUT2D eigenvalue weighted by atomic mass is 9.96. The van der Waals surface area contributed by atoms with Gasteiger partial charge in [-0.3, -0.25) is 4.79 Å². The third-order valence-electron chi connectivity index (χ3n) is 3.63. The first-order valence-electron chi connectivity index (χ1n) is 6.67. The third-order valence-corrected chi connectivity index (χ3v) is 4.25. The Hall–Kier alpha value is -1.00. The van der Waals surface area contributed by atoms with E-state index in [0.29, 0.717) is 19.5 Å². The van der Waals surface area contributed by atoms with Crippen LogP contribution in [0.4, 0.5) is 0 Å². The van der Waals surface area contributed by atoms with Crippen LogP contribution in [0.25, 0.3) is 0 Å². The van der Waals surface area contributed by atoms with Gasteiger partial charge < -0.3 is 10.0 Å². The van der Waals surface area contributed by atoms with Crippen LogP contribution in [0.2, 0.25) is 0 Å². The second-order valence-corrected chi connectivity index (χ2v) is 6.08. The number of amides is 1. The number of nitrogens with zero attached hydrogens (tertiary/aromatic N) is 1. The van der Waals surface area contributed by atoms with Crippen molar-refractivity contribution in [2.45, 2.75) is 25.2 Å². The Bertz CT molecular complexity index is 450. The molecule has 2 unspecified atom stereocenters. The number of likely N-dealkylation sites (tertiary alicyclic amines) is 1. The van der Waals surface area contributed by atoms with E-state index in [9.17, 15) is 9.90 Å². The van der Waals surface area contributed by atoms with E-state index in [4.69, 9.17) is 0 Å². The van der Waals surface area contributed by atoms with Gasteiger partial charge >= 0.3 is 0 Å². The summed E-state index contributed by atoms with van der Waals surface area (Å²) in [5, 5.41) is 9.72. The van der Waals surface area contributed by atoms with E-state index in [1.165, 1.54) is 5.56 Å². The van der Waals surface area contributed by atoms with Crippen LogP contribution in [0, 0.1) is 5.92 Å². The first kappa shape index (κ1) is 14.4. The van der Waals surface area contributed by atoms with Crippen LogP contribution in [-0.4, -0.2) is 41.4 Å². The van der Waals surface area contributed by atoms with Gasteiger partial charge in [0.25, 0.3) is 5.91 Å². The Morgan fingerprint density at radius 3 is 3.00 bits per heavy atom. The lowest BCUT2D eigenvalue weighted by Crippen LogP contribution is -2.44. The fraction of sp³-hybridized carbons (Fsp3) is 0.533. The second-order valence-electron chi connectivity index (χ2n) is 5.22. The molecule has 0 saturated carbocycles. The molecule has 0 aliphatic carbocycles. The Morgan fingerprint density at radius 1 is 1.53 bits per heavy atom. The van der Waals surface area contributed by atoms with Gasteiger partial charge in [-0.05, 0) is 36.3 Å². The Kier molecular flexibility index (Phi) is 4.88. The highest BCUT2D eigenvalue weighted by atomic mass is 32.2. The highest BCUT2D eigenvalue weighted by molar-refractivity contribution is 7.97. The van der Waals surface area contributed by atoms with Crippen LogP contribution in [0.1, 0.15) is 29.3 Å². The van der Waals surface area contributed by atoms with Gasteiger partial charge in [0.05, 0.1) is 6.10 Å². The van der Waals surface area contributed by atoms with Crippen molar-refractivity contribution in [2.24, 2.45) is 5.92 Å². The van der Waals surface area contributed by atoms with Crippen molar-refractivity contribution in [3.05, 3.63) is 35.4 Å². The highest BCUT2D eigenvalue weighted by Crippen LogP contribution is 2.19. The number of thioether (sulfide) groups is 1. The molecule has 1 aliphatic rings. The van der Waals surface area contributed by atoms with E-state index < -0.39 is 0 Å². The topological polar surface area (TPSA) is 40.5 Å². The number of carbonyl (C=O) groups is 1. The first-order chi connectivity index (χ1) is 9.11. The quantitative estimate of drug-likeness (QED) is 0.923. The number of hydrogen-bond acceptors (Lipinski definition) is 3. The summed E-state index contributed by atoms with van der Waals surface area (Å²) in [6.07, 6.45) is 2.46. The number of hydrogen-bond donors (Lipinski definition) is 1. The third kappa shape index (κ3) is 3.51. The molecule has 2 atom stereocenters. The Morgan fingerprint density at radius 2 is 2.32 bits per heavy atom. The predicted molar refractivity (Wildman–Crippen MR) is 79.4 cm³/mol. The zero-order chi connectivity index (χ0) is 13.8. The molecule has 0 bridgehead atoms. The minimum Gasteiger partial charge on any atom is -0.393 e. The highest BCUT2D eigenvalue weighted by Gasteiger charge is 2.27. The fourth-order valence-corrected chi connectivity index (χ4v) is 2.97. The van der Waals surface area contributed by atoms with Crippen molar-refractivity contribution in [1.82, 2.24) is 4.90 Å². The molecule has 1 fully saturated rings. The average molecular weight is 279 g/mol. The van der Waals surface area contributed by atoms with Crippen LogP contribution in [0.3, 0.4) is 0 Å². The summed E-state index contributed by atoms with van der Waals surface area (Å²) in [4.78, 5) is 14.3. The molecule has 1 aliphatic heterocycles. The molecule has 4 heteroatoms. The molecule has 3 nitrogen and oxygen atoms in total. The second kappa shape index (κ2) is 6.44. The minimum absolute atomic E-state index is 0.0849. The lowest BCUT2D eigenvalue weighted by molar-refractivity contribution is 0.0297. The summed E-state index contributed by atoms with van der Waals surface area (Å²) in [7, 11) is 0. The van der Waals surface area contributed by atoms with Crippen LogP contribution in [0.15, 0.2) is 24.3 Å². The summed E-state index contributed by atoms with van der Waals surface area (Å²) in [5.41, 5.74) is 1.94. The van der Waals surface area contributed by atoms with E-state index in [1.54, 1.807) is 11.8 Å². The summed E-state index contributed by atoms with van der Waals surface area (Å²) in [6.45, 7) is 3.29. The Balaban J connectivity index is 2.09. The van der Waals surface area contributed by atoms with Crippen LogP contribution in [-0.2, 0) is 5.75 Å². The van der Waals surface area contributed by atoms with Crippen molar-refractivity contribution in [3.8, 4) is 0 Å². The average Bonchev–Trinajstić information content (AvgIpc) is 2.42. The zero-order valence-corrected chi connectivity index (χ0v) is 12.3. The van der Waals surface area contributed by atoms with Crippen molar-refractivity contribution in [3.63, 3.8) is 0 Å². The van der Waals surface area contributed by atoms with Gasteiger partial charge in [0.2, 0.25) is 0 Å². The van der Waals surface area contributed by atoms with Gasteiger partial charge in [-0.15, -0.1) is 0 Å². The van der Waals surface area contributed by atoms with Crippen molar-refractivity contribution < 1.29 is 9.90 Å². The monoisotopic (exact) mass is 279 g/mol. The number of aliphatic hydroxyl groups excluding tert-OH is 1. The molecular weight excluding hydrogens is 258 g/mol. The van der Waals surface area contributed by atoms with Gasteiger partial charge in [0.1, 0.15) is 0 Å². The maximum atomic E-state index is 12.4. The summed E-state index contributed by atoms with van der Waals surface area (Å²) in [5.74, 6) is 1.17. The van der Waals surface area contributed by atoms with Crippen LogP contribution >= 0.6 is 11.8 Å². The molecule has 0 aromatic heterocycles. The minimum atomic E-state index is -0.271. The molecule has 2 rings (SSSR count). The largest absolute Gasteiger partial charge is 0.393 e. The number of rotatable bonds is 3. The van der Waals surface area contributed by atoms with E-state index in [1.807, 2.05) is 30.0 Å². The van der Waals surface area contributed by atoms with Crippen LogP contribution < -0.4 is 0 Å². The molecule has 0 radical (unpaired) electrons. The molecule has 1 aromatic rings. The first-order valence-corrected chi connectivity index (χ1v) is 8.06. The van der Waals surface area contributed by atoms with E-state index in [2.05, 4.69) is 12.3 Å². The number of aliphatic hydroxyl groups is 1. The lowest BCUT2D eigenvalue weighted by Gasteiger charge is -2.34.